The van der Waals surface area contributed by atoms with E-state index in [0.717, 1.165) is 11.5 Å². The predicted octanol–water partition coefficient (Wildman–Crippen LogP) is 3.11. The molecule has 4 nitrogen and oxygen atoms in total. The number of aryl methyl sites for hydroxylation is 1. The van der Waals surface area contributed by atoms with Crippen molar-refractivity contribution in [3.63, 3.8) is 0 Å². The summed E-state index contributed by atoms with van der Waals surface area (Å²) in [5.41, 5.74) is 0.622. The molecule has 0 atom stereocenters. The summed E-state index contributed by atoms with van der Waals surface area (Å²) in [6.45, 7) is 7.82. The summed E-state index contributed by atoms with van der Waals surface area (Å²) in [6, 6.07) is 3.52. The van der Waals surface area contributed by atoms with Gasteiger partial charge >= 0.3 is 7.12 Å². The summed E-state index contributed by atoms with van der Waals surface area (Å²) in [5.74, 6) is 0. The van der Waals surface area contributed by atoms with Gasteiger partial charge in [0.25, 0.3) is 6.08 Å². The summed E-state index contributed by atoms with van der Waals surface area (Å²) in [7, 11) is 1.16. The molecule has 1 fully saturated rings. The van der Waals surface area contributed by atoms with Gasteiger partial charge in [-0.2, -0.15) is 13.9 Å². The summed E-state index contributed by atoms with van der Waals surface area (Å²) in [5, 5.41) is 5.02. The van der Waals surface area contributed by atoms with Crippen molar-refractivity contribution < 1.29 is 18.1 Å². The van der Waals surface area contributed by atoms with Crippen molar-refractivity contribution in [2.75, 3.05) is 0 Å². The quantitative estimate of drug-likeness (QED) is 0.798. The first-order valence-corrected chi connectivity index (χ1v) is 7.45. The van der Waals surface area contributed by atoms with E-state index in [0.29, 0.717) is 16.5 Å². The van der Waals surface area contributed by atoms with Crippen LogP contribution in [0.25, 0.3) is 17.0 Å². The van der Waals surface area contributed by atoms with E-state index in [4.69, 9.17) is 9.31 Å². The number of benzene rings is 1. The molecule has 1 aromatic carbocycles. The third kappa shape index (κ3) is 2.79. The Morgan fingerprint density at radius 2 is 1.78 bits per heavy atom. The molecule has 1 aliphatic heterocycles. The fourth-order valence-corrected chi connectivity index (χ4v) is 2.65. The lowest BCUT2D eigenvalue weighted by Crippen LogP contribution is -2.41. The molecular formula is C16H19BF2N2O2. The van der Waals surface area contributed by atoms with Gasteiger partial charge in [0.15, 0.2) is 0 Å². The zero-order valence-corrected chi connectivity index (χ0v) is 13.9. The summed E-state index contributed by atoms with van der Waals surface area (Å²) >= 11 is 0. The minimum atomic E-state index is -1.76. The maximum Gasteiger partial charge on any atom is 0.494 e. The van der Waals surface area contributed by atoms with Gasteiger partial charge in [-0.25, -0.2) is 0 Å². The Morgan fingerprint density at radius 3 is 2.35 bits per heavy atom. The summed E-state index contributed by atoms with van der Waals surface area (Å²) < 4.78 is 39.2. The van der Waals surface area contributed by atoms with Gasteiger partial charge in [0, 0.05) is 30.3 Å². The molecule has 0 aliphatic carbocycles. The van der Waals surface area contributed by atoms with Crippen LogP contribution in [0.15, 0.2) is 24.4 Å². The van der Waals surface area contributed by atoms with Crippen LogP contribution in [-0.2, 0) is 16.4 Å². The highest BCUT2D eigenvalue weighted by Gasteiger charge is 2.51. The second-order valence-corrected chi connectivity index (χ2v) is 6.87. The van der Waals surface area contributed by atoms with E-state index in [1.165, 1.54) is 0 Å². The van der Waals surface area contributed by atoms with E-state index in [2.05, 4.69) is 5.10 Å². The Labute approximate surface area is 134 Å². The molecule has 0 bridgehead atoms. The highest BCUT2D eigenvalue weighted by Crippen LogP contribution is 2.36. The molecule has 7 heteroatoms. The fraction of sp³-hybridized carbons (Fsp3) is 0.438. The van der Waals surface area contributed by atoms with Crippen LogP contribution >= 0.6 is 0 Å². The van der Waals surface area contributed by atoms with E-state index >= 15 is 0 Å². The first kappa shape index (κ1) is 16.1. The molecule has 2 heterocycles. The lowest BCUT2D eigenvalue weighted by atomic mass is 9.77. The van der Waals surface area contributed by atoms with Crippen LogP contribution in [0.1, 0.15) is 33.3 Å². The normalized spacial score (nSPS) is 19.3. The maximum atomic E-state index is 12.8. The summed E-state index contributed by atoms with van der Waals surface area (Å²) in [6.07, 6.45) is 0.852. The van der Waals surface area contributed by atoms with Crippen LogP contribution in [0.3, 0.4) is 0 Å². The van der Waals surface area contributed by atoms with E-state index in [9.17, 15) is 8.78 Å². The Hall–Kier alpha value is -1.73. The highest BCUT2D eigenvalue weighted by molar-refractivity contribution is 6.62. The minimum absolute atomic E-state index is 0.354. The predicted molar refractivity (Wildman–Crippen MR) is 86.6 cm³/mol. The van der Waals surface area contributed by atoms with Crippen LogP contribution in [-0.4, -0.2) is 28.1 Å². The van der Waals surface area contributed by atoms with Gasteiger partial charge in [-0.15, -0.1) is 0 Å². The minimum Gasteiger partial charge on any atom is -0.399 e. The average Bonchev–Trinajstić information content (AvgIpc) is 2.86. The molecule has 0 radical (unpaired) electrons. The second-order valence-electron chi connectivity index (χ2n) is 6.87. The largest absolute Gasteiger partial charge is 0.494 e. The SMILES string of the molecule is Cn1cc2cc(B3OC(C)(C)C(C)(C)O3)cc(C=C(F)F)c2n1. The van der Waals surface area contributed by atoms with Gasteiger partial charge in [0.1, 0.15) is 0 Å². The second kappa shape index (κ2) is 5.14. The van der Waals surface area contributed by atoms with E-state index in [-0.39, 0.29) is 0 Å². The zero-order chi connectivity index (χ0) is 17.0. The molecule has 23 heavy (non-hydrogen) atoms. The lowest BCUT2D eigenvalue weighted by molar-refractivity contribution is 0.00578. The average molecular weight is 320 g/mol. The van der Waals surface area contributed by atoms with Crippen molar-refractivity contribution in [3.05, 3.63) is 30.0 Å². The zero-order valence-electron chi connectivity index (χ0n) is 13.9. The van der Waals surface area contributed by atoms with Gasteiger partial charge < -0.3 is 9.31 Å². The van der Waals surface area contributed by atoms with E-state index < -0.39 is 24.4 Å². The number of hydrogen-bond acceptors (Lipinski definition) is 3. The van der Waals surface area contributed by atoms with Crippen LogP contribution in [0, 0.1) is 0 Å². The first-order valence-electron chi connectivity index (χ1n) is 7.45. The van der Waals surface area contributed by atoms with E-state index in [1.54, 1.807) is 24.0 Å². The Bertz CT molecular complexity index is 779. The van der Waals surface area contributed by atoms with Gasteiger partial charge in [0.05, 0.1) is 16.7 Å². The standard InChI is InChI=1S/C16H19BF2N2O2/c1-15(2)16(3,4)23-17(22-15)12-6-10(8-13(18)19)14-11(7-12)9-21(5)20-14/h6-9H,1-5H3. The molecule has 0 spiro atoms. The van der Waals surface area contributed by atoms with Gasteiger partial charge in [-0.1, -0.05) is 12.1 Å². The highest BCUT2D eigenvalue weighted by atomic mass is 19.3. The van der Waals surface area contributed by atoms with Crippen molar-refractivity contribution in [3.8, 4) is 0 Å². The number of aromatic nitrogens is 2. The number of fused-ring (bicyclic) bond motifs is 1. The third-order valence-corrected chi connectivity index (χ3v) is 4.56. The van der Waals surface area contributed by atoms with Gasteiger partial charge in [-0.3, -0.25) is 4.68 Å². The van der Waals surface area contributed by atoms with Crippen molar-refractivity contribution in [2.45, 2.75) is 38.9 Å². The Morgan fingerprint density at radius 1 is 1.17 bits per heavy atom. The maximum absolute atomic E-state index is 12.8. The van der Waals surface area contributed by atoms with Crippen molar-refractivity contribution in [1.82, 2.24) is 9.78 Å². The lowest BCUT2D eigenvalue weighted by Gasteiger charge is -2.32. The first-order chi connectivity index (χ1) is 10.6. The number of hydrogen-bond donors (Lipinski definition) is 0. The Balaban J connectivity index is 2.11. The molecule has 0 N–H and O–H groups in total. The van der Waals surface area contributed by atoms with Crippen molar-refractivity contribution >= 4 is 29.6 Å². The molecule has 2 aromatic rings. The molecule has 1 aromatic heterocycles. The molecule has 122 valence electrons. The van der Waals surface area contributed by atoms with Gasteiger partial charge in [-0.05, 0) is 33.2 Å². The molecule has 0 unspecified atom stereocenters. The Kier molecular flexibility index (Phi) is 3.61. The topological polar surface area (TPSA) is 36.3 Å². The van der Waals surface area contributed by atoms with Gasteiger partial charge in [0.2, 0.25) is 0 Å². The molecule has 1 aliphatic rings. The van der Waals surface area contributed by atoms with Crippen LogP contribution < -0.4 is 5.46 Å². The molecule has 3 rings (SSSR count). The fourth-order valence-electron chi connectivity index (χ4n) is 2.65. The smallest absolute Gasteiger partial charge is 0.399 e. The molecule has 1 saturated heterocycles. The van der Waals surface area contributed by atoms with Crippen molar-refractivity contribution in [2.24, 2.45) is 7.05 Å². The number of nitrogens with zero attached hydrogens (tertiary/aromatic N) is 2. The third-order valence-electron chi connectivity index (χ3n) is 4.56. The summed E-state index contributed by atoms with van der Waals surface area (Å²) in [4.78, 5) is 0. The van der Waals surface area contributed by atoms with E-state index in [1.807, 2.05) is 33.8 Å². The molecule has 0 saturated carbocycles. The van der Waals surface area contributed by atoms with Crippen LogP contribution in [0.2, 0.25) is 0 Å². The van der Waals surface area contributed by atoms with Crippen LogP contribution in [0.4, 0.5) is 8.78 Å². The molecular weight excluding hydrogens is 301 g/mol. The number of halogens is 2. The monoisotopic (exact) mass is 320 g/mol. The van der Waals surface area contributed by atoms with Crippen molar-refractivity contribution in [1.29, 1.82) is 0 Å². The number of rotatable bonds is 2. The van der Waals surface area contributed by atoms with Crippen LogP contribution in [0.5, 0.6) is 0 Å². The molecule has 0 amide bonds.